The van der Waals surface area contributed by atoms with Crippen molar-refractivity contribution in [1.82, 2.24) is 5.32 Å². The Bertz CT molecular complexity index is 443. The third-order valence-electron chi connectivity index (χ3n) is 3.03. The van der Waals surface area contributed by atoms with Crippen molar-refractivity contribution < 1.29 is 0 Å². The maximum Gasteiger partial charge on any atom is 0.0581 e. The molecule has 1 N–H and O–H groups in total. The van der Waals surface area contributed by atoms with E-state index >= 15 is 0 Å². The first kappa shape index (κ1) is 12.2. The van der Waals surface area contributed by atoms with Crippen LogP contribution in [0, 0.1) is 17.3 Å². The second-order valence-corrected chi connectivity index (χ2v) is 5.72. The lowest BCUT2D eigenvalue weighted by Crippen LogP contribution is -2.19. The van der Waals surface area contributed by atoms with Crippen LogP contribution in [-0.4, -0.2) is 6.54 Å². The van der Waals surface area contributed by atoms with Crippen LogP contribution in [0.4, 0.5) is 0 Å². The third-order valence-corrected chi connectivity index (χ3v) is 3.03. The van der Waals surface area contributed by atoms with Gasteiger partial charge in [0.1, 0.15) is 0 Å². The van der Waals surface area contributed by atoms with Crippen molar-refractivity contribution in [1.29, 1.82) is 0 Å². The SMILES string of the molecule is CC(C)(C)C#CCNC1CCc2ccccc21. The van der Waals surface area contributed by atoms with Gasteiger partial charge in [0.2, 0.25) is 0 Å². The summed E-state index contributed by atoms with van der Waals surface area (Å²) in [7, 11) is 0. The molecule has 2 rings (SSSR count). The van der Waals surface area contributed by atoms with Crippen LogP contribution < -0.4 is 5.32 Å². The zero-order chi connectivity index (χ0) is 12.3. The minimum atomic E-state index is 0.106. The highest BCUT2D eigenvalue weighted by atomic mass is 14.9. The van der Waals surface area contributed by atoms with E-state index in [0.717, 1.165) is 6.54 Å². The number of nitrogens with one attached hydrogen (secondary N) is 1. The number of aryl methyl sites for hydroxylation is 1. The van der Waals surface area contributed by atoms with Crippen LogP contribution in [-0.2, 0) is 6.42 Å². The molecule has 1 aromatic rings. The molecule has 17 heavy (non-hydrogen) atoms. The van der Waals surface area contributed by atoms with Crippen LogP contribution in [0.3, 0.4) is 0 Å². The van der Waals surface area contributed by atoms with Crippen molar-refractivity contribution >= 4 is 0 Å². The summed E-state index contributed by atoms with van der Waals surface area (Å²) < 4.78 is 0. The fourth-order valence-electron chi connectivity index (χ4n) is 2.25. The lowest BCUT2D eigenvalue weighted by Gasteiger charge is -2.12. The van der Waals surface area contributed by atoms with Gasteiger partial charge in [-0.15, -0.1) is 0 Å². The van der Waals surface area contributed by atoms with Gasteiger partial charge >= 0.3 is 0 Å². The second kappa shape index (κ2) is 4.94. The van der Waals surface area contributed by atoms with Gasteiger partial charge in [-0.05, 0) is 44.7 Å². The molecule has 0 fully saturated rings. The maximum atomic E-state index is 3.54. The van der Waals surface area contributed by atoms with E-state index in [-0.39, 0.29) is 5.41 Å². The highest BCUT2D eigenvalue weighted by Gasteiger charge is 2.20. The maximum absolute atomic E-state index is 3.54. The summed E-state index contributed by atoms with van der Waals surface area (Å²) in [4.78, 5) is 0. The number of hydrogen-bond acceptors (Lipinski definition) is 1. The van der Waals surface area contributed by atoms with E-state index in [2.05, 4.69) is 62.2 Å². The van der Waals surface area contributed by atoms with Gasteiger partial charge in [-0.1, -0.05) is 36.1 Å². The Morgan fingerprint density at radius 1 is 1.29 bits per heavy atom. The predicted octanol–water partition coefficient (Wildman–Crippen LogP) is 3.31. The van der Waals surface area contributed by atoms with Crippen LogP contribution in [0.5, 0.6) is 0 Å². The molecular weight excluding hydrogens is 206 g/mol. The van der Waals surface area contributed by atoms with Gasteiger partial charge in [0.15, 0.2) is 0 Å². The highest BCUT2D eigenvalue weighted by Crippen LogP contribution is 2.30. The Kier molecular flexibility index (Phi) is 3.54. The van der Waals surface area contributed by atoms with Crippen LogP contribution in [0.1, 0.15) is 44.4 Å². The van der Waals surface area contributed by atoms with Crippen molar-refractivity contribution in [2.75, 3.05) is 6.54 Å². The topological polar surface area (TPSA) is 12.0 Å². The summed E-state index contributed by atoms with van der Waals surface area (Å²) in [5, 5.41) is 3.54. The second-order valence-electron chi connectivity index (χ2n) is 5.72. The lowest BCUT2D eigenvalue weighted by molar-refractivity contribution is 0.558. The number of benzene rings is 1. The average molecular weight is 227 g/mol. The Morgan fingerprint density at radius 2 is 2.06 bits per heavy atom. The highest BCUT2D eigenvalue weighted by molar-refractivity contribution is 5.34. The molecule has 90 valence electrons. The largest absolute Gasteiger partial charge is 0.299 e. The van der Waals surface area contributed by atoms with Gasteiger partial charge in [0.25, 0.3) is 0 Å². The monoisotopic (exact) mass is 227 g/mol. The summed E-state index contributed by atoms with van der Waals surface area (Å²) in [5.41, 5.74) is 3.06. The first-order chi connectivity index (χ1) is 8.06. The molecule has 1 aromatic carbocycles. The van der Waals surface area contributed by atoms with Gasteiger partial charge in [0.05, 0.1) is 6.54 Å². The van der Waals surface area contributed by atoms with Crippen molar-refractivity contribution in [2.45, 2.75) is 39.7 Å². The van der Waals surface area contributed by atoms with Gasteiger partial charge in [-0.25, -0.2) is 0 Å². The molecule has 0 amide bonds. The van der Waals surface area contributed by atoms with E-state index < -0.39 is 0 Å². The van der Waals surface area contributed by atoms with Crippen molar-refractivity contribution in [3.05, 3.63) is 35.4 Å². The van der Waals surface area contributed by atoms with E-state index in [9.17, 15) is 0 Å². The molecule has 1 aliphatic carbocycles. The Balaban J connectivity index is 1.92. The summed E-state index contributed by atoms with van der Waals surface area (Å²) in [6, 6.07) is 9.22. The quantitative estimate of drug-likeness (QED) is 0.764. The molecule has 0 spiro atoms. The van der Waals surface area contributed by atoms with Crippen LogP contribution in [0.25, 0.3) is 0 Å². The van der Waals surface area contributed by atoms with Crippen LogP contribution in [0.2, 0.25) is 0 Å². The molecule has 0 saturated carbocycles. The molecule has 1 atom stereocenters. The number of rotatable bonds is 2. The van der Waals surface area contributed by atoms with Crippen molar-refractivity contribution in [2.24, 2.45) is 5.41 Å². The van der Waals surface area contributed by atoms with Gasteiger partial charge in [-0.2, -0.15) is 0 Å². The number of fused-ring (bicyclic) bond motifs is 1. The molecule has 0 saturated heterocycles. The minimum absolute atomic E-state index is 0.106. The average Bonchev–Trinajstić information content (AvgIpc) is 2.67. The summed E-state index contributed by atoms with van der Waals surface area (Å²) in [6.07, 6.45) is 2.40. The van der Waals surface area contributed by atoms with E-state index in [4.69, 9.17) is 0 Å². The third kappa shape index (κ3) is 3.35. The molecule has 1 heteroatoms. The fourth-order valence-corrected chi connectivity index (χ4v) is 2.25. The molecule has 0 heterocycles. The predicted molar refractivity (Wildman–Crippen MR) is 72.7 cm³/mol. The van der Waals surface area contributed by atoms with Gasteiger partial charge in [0, 0.05) is 11.5 Å². The van der Waals surface area contributed by atoms with E-state index in [1.54, 1.807) is 0 Å². The summed E-state index contributed by atoms with van der Waals surface area (Å²) in [5.74, 6) is 6.48. The van der Waals surface area contributed by atoms with E-state index in [1.165, 1.54) is 24.0 Å². The Hall–Kier alpha value is -1.26. The van der Waals surface area contributed by atoms with Crippen LogP contribution in [0.15, 0.2) is 24.3 Å². The molecular formula is C16H21N. The normalized spacial score (nSPS) is 18.4. The van der Waals surface area contributed by atoms with Crippen LogP contribution >= 0.6 is 0 Å². The summed E-state index contributed by atoms with van der Waals surface area (Å²) >= 11 is 0. The smallest absolute Gasteiger partial charge is 0.0581 e. The standard InChI is InChI=1S/C16H21N/c1-16(2,3)11-6-12-17-15-10-9-13-7-4-5-8-14(13)15/h4-5,7-8,15,17H,9-10,12H2,1-3H3. The molecule has 1 nitrogen and oxygen atoms in total. The molecule has 0 bridgehead atoms. The van der Waals surface area contributed by atoms with Crippen molar-refractivity contribution in [3.63, 3.8) is 0 Å². The minimum Gasteiger partial charge on any atom is -0.299 e. The molecule has 1 aliphatic rings. The Labute approximate surface area is 105 Å². The van der Waals surface area contributed by atoms with E-state index in [1.807, 2.05) is 0 Å². The zero-order valence-electron chi connectivity index (χ0n) is 11.0. The molecule has 0 radical (unpaired) electrons. The Morgan fingerprint density at radius 3 is 2.82 bits per heavy atom. The summed E-state index contributed by atoms with van der Waals surface area (Å²) in [6.45, 7) is 7.22. The van der Waals surface area contributed by atoms with Gasteiger partial charge in [-0.3, -0.25) is 5.32 Å². The first-order valence-electron chi connectivity index (χ1n) is 6.37. The fraction of sp³-hybridized carbons (Fsp3) is 0.500. The molecule has 0 aromatic heterocycles. The van der Waals surface area contributed by atoms with Gasteiger partial charge < -0.3 is 0 Å². The molecule has 0 aliphatic heterocycles. The lowest BCUT2D eigenvalue weighted by atomic mass is 9.98. The molecule has 1 unspecified atom stereocenters. The zero-order valence-corrected chi connectivity index (χ0v) is 11.0. The first-order valence-corrected chi connectivity index (χ1v) is 6.37. The number of hydrogen-bond donors (Lipinski definition) is 1. The van der Waals surface area contributed by atoms with E-state index in [0.29, 0.717) is 6.04 Å². The van der Waals surface area contributed by atoms with Crippen molar-refractivity contribution in [3.8, 4) is 11.8 Å².